The van der Waals surface area contributed by atoms with Crippen molar-refractivity contribution in [2.45, 2.75) is 37.7 Å². The lowest BCUT2D eigenvalue weighted by molar-refractivity contribution is -0.105. The van der Waals surface area contributed by atoms with Crippen molar-refractivity contribution < 1.29 is 9.47 Å². The predicted octanol–water partition coefficient (Wildman–Crippen LogP) is 2.28. The Morgan fingerprint density at radius 3 is 2.50 bits per heavy atom. The van der Waals surface area contributed by atoms with Crippen LogP contribution >= 0.6 is 0 Å². The Hall–Kier alpha value is -3.24. The highest BCUT2D eigenvalue weighted by Crippen LogP contribution is 2.35. The van der Waals surface area contributed by atoms with Gasteiger partial charge in [-0.2, -0.15) is 10.2 Å². The largest absolute Gasteiger partial charge is 0.371 e. The van der Waals surface area contributed by atoms with Gasteiger partial charge >= 0.3 is 0 Å². The Labute approximate surface area is 184 Å². The molecule has 164 valence electrons. The molecule has 2 bridgehead atoms. The van der Waals surface area contributed by atoms with Crippen LogP contribution in [0.5, 0.6) is 0 Å². The first-order valence-corrected chi connectivity index (χ1v) is 11.2. The minimum Gasteiger partial charge on any atom is -0.371 e. The van der Waals surface area contributed by atoms with E-state index in [0.717, 1.165) is 73.1 Å². The van der Waals surface area contributed by atoms with Crippen molar-refractivity contribution in [3.63, 3.8) is 0 Å². The molecule has 3 atom stereocenters. The molecular weight excluding hydrogens is 408 g/mol. The van der Waals surface area contributed by atoms with E-state index in [2.05, 4.69) is 21.2 Å². The van der Waals surface area contributed by atoms with Crippen LogP contribution in [-0.2, 0) is 16.5 Å². The summed E-state index contributed by atoms with van der Waals surface area (Å²) in [5.41, 5.74) is 3.92. The monoisotopic (exact) mass is 432 g/mol. The third kappa shape index (κ3) is 2.72. The van der Waals surface area contributed by atoms with E-state index in [1.807, 2.05) is 45.5 Å². The number of nitrogens with zero attached hydrogens (tertiary/aromatic N) is 8. The molecule has 7 heterocycles. The van der Waals surface area contributed by atoms with Gasteiger partial charge in [0.25, 0.3) is 0 Å². The molecule has 0 N–H and O–H groups in total. The van der Waals surface area contributed by atoms with E-state index in [1.54, 1.807) is 6.20 Å². The first-order chi connectivity index (χ1) is 15.7. The van der Waals surface area contributed by atoms with E-state index in [0.29, 0.717) is 0 Å². The maximum Gasteiger partial charge on any atom is 0.179 e. The van der Waals surface area contributed by atoms with Crippen LogP contribution in [0.25, 0.3) is 28.3 Å². The minimum atomic E-state index is -0.0399. The molecule has 10 heteroatoms. The van der Waals surface area contributed by atoms with Gasteiger partial charge in [0.15, 0.2) is 12.1 Å². The number of imidazole rings is 1. The van der Waals surface area contributed by atoms with Gasteiger partial charge in [0.1, 0.15) is 11.5 Å². The fourth-order valence-electron chi connectivity index (χ4n) is 5.08. The van der Waals surface area contributed by atoms with Crippen LogP contribution in [0, 0.1) is 0 Å². The Balaban J connectivity index is 1.41. The first kappa shape index (κ1) is 18.3. The highest BCUT2D eigenvalue weighted by atomic mass is 16.5. The van der Waals surface area contributed by atoms with Crippen molar-refractivity contribution in [3.8, 4) is 22.8 Å². The zero-order valence-corrected chi connectivity index (χ0v) is 17.8. The van der Waals surface area contributed by atoms with Crippen LogP contribution in [0.1, 0.15) is 25.5 Å². The van der Waals surface area contributed by atoms with Crippen molar-refractivity contribution in [2.24, 2.45) is 7.05 Å². The summed E-state index contributed by atoms with van der Waals surface area (Å²) >= 11 is 0. The first-order valence-electron chi connectivity index (χ1n) is 11.2. The number of aromatic nitrogens is 7. The molecule has 4 aromatic heterocycles. The molecule has 0 aliphatic carbocycles. The van der Waals surface area contributed by atoms with Gasteiger partial charge in [-0.1, -0.05) is 0 Å². The molecule has 4 aromatic rings. The lowest BCUT2D eigenvalue weighted by Gasteiger charge is -2.33. The van der Waals surface area contributed by atoms with Gasteiger partial charge in [-0.3, -0.25) is 4.68 Å². The molecule has 3 unspecified atom stereocenters. The number of ether oxygens (including phenoxy) is 2. The Morgan fingerprint density at radius 1 is 1.00 bits per heavy atom. The van der Waals surface area contributed by atoms with E-state index in [4.69, 9.17) is 19.6 Å². The quantitative estimate of drug-likeness (QED) is 0.489. The third-order valence-electron chi connectivity index (χ3n) is 6.80. The number of morpholine rings is 1. The van der Waals surface area contributed by atoms with E-state index in [9.17, 15) is 0 Å². The number of aryl methyl sites for hydroxylation is 1. The summed E-state index contributed by atoms with van der Waals surface area (Å²) in [4.78, 5) is 7.13. The van der Waals surface area contributed by atoms with Crippen molar-refractivity contribution in [2.75, 3.05) is 24.6 Å². The van der Waals surface area contributed by atoms with E-state index in [1.165, 1.54) is 0 Å². The van der Waals surface area contributed by atoms with Gasteiger partial charge < -0.3 is 14.4 Å². The fourth-order valence-corrected chi connectivity index (χ4v) is 5.08. The summed E-state index contributed by atoms with van der Waals surface area (Å²) in [7, 11) is 1.96. The number of fused-ring (bicyclic) bond motifs is 3. The van der Waals surface area contributed by atoms with Gasteiger partial charge in [0.05, 0.1) is 36.2 Å². The topological polar surface area (TPSA) is 87.5 Å². The fraction of sp³-hybridized carbons (Fsp3) is 0.455. The molecule has 0 spiro atoms. The molecule has 0 radical (unpaired) electrons. The van der Waals surface area contributed by atoms with Gasteiger partial charge in [0, 0.05) is 44.5 Å². The van der Waals surface area contributed by atoms with Crippen LogP contribution in [-0.4, -0.2) is 66.1 Å². The van der Waals surface area contributed by atoms with Gasteiger partial charge in [-0.15, -0.1) is 5.10 Å². The summed E-state index contributed by atoms with van der Waals surface area (Å²) in [5, 5.41) is 14.0. The molecule has 3 aliphatic rings. The van der Waals surface area contributed by atoms with E-state index >= 15 is 0 Å². The molecule has 3 saturated heterocycles. The van der Waals surface area contributed by atoms with Crippen LogP contribution in [0.15, 0.2) is 36.8 Å². The molecule has 3 aliphatic heterocycles. The third-order valence-corrected chi connectivity index (χ3v) is 6.80. The van der Waals surface area contributed by atoms with Crippen LogP contribution in [0.4, 0.5) is 5.82 Å². The highest BCUT2D eigenvalue weighted by molar-refractivity contribution is 5.81. The molecule has 32 heavy (non-hydrogen) atoms. The predicted molar refractivity (Wildman–Crippen MR) is 116 cm³/mol. The molecule has 0 saturated carbocycles. The van der Waals surface area contributed by atoms with E-state index < -0.39 is 0 Å². The second-order valence-corrected chi connectivity index (χ2v) is 8.77. The molecule has 10 nitrogen and oxygen atoms in total. The zero-order valence-electron chi connectivity index (χ0n) is 17.8. The maximum absolute atomic E-state index is 6.06. The summed E-state index contributed by atoms with van der Waals surface area (Å²) in [6.07, 6.45) is 9.22. The number of rotatable bonds is 4. The van der Waals surface area contributed by atoms with Gasteiger partial charge in [-0.25, -0.2) is 14.2 Å². The summed E-state index contributed by atoms with van der Waals surface area (Å²) in [6.45, 7) is 2.48. The van der Waals surface area contributed by atoms with Crippen LogP contribution in [0.2, 0.25) is 0 Å². The van der Waals surface area contributed by atoms with Crippen molar-refractivity contribution in [3.05, 3.63) is 36.8 Å². The molecule has 3 fully saturated rings. The highest BCUT2D eigenvalue weighted by Gasteiger charge is 2.35. The minimum absolute atomic E-state index is 0.0399. The summed E-state index contributed by atoms with van der Waals surface area (Å²) in [5.74, 6) is 1.69. The molecule has 0 aromatic carbocycles. The van der Waals surface area contributed by atoms with E-state index in [-0.39, 0.29) is 18.4 Å². The standard InChI is InChI=1S/C22H24N8O2/c1-27-17(4-7-24-27)16-10-20(28-12-14-2-3-15(13-28)32-14)26-30-19(16)11-23-22(30)18-5-8-25-29(18)21-6-9-31-21/h4-5,7-8,10-11,14-15,21H,2-3,6,9,12-13H2,1H3. The zero-order chi connectivity index (χ0) is 21.2. The molecular formula is C22H24N8O2. The summed E-state index contributed by atoms with van der Waals surface area (Å²) < 4.78 is 17.5. The normalized spacial score (nSPS) is 24.9. The van der Waals surface area contributed by atoms with Gasteiger partial charge in [0.2, 0.25) is 0 Å². The Bertz CT molecular complexity index is 1290. The van der Waals surface area contributed by atoms with Gasteiger partial charge in [-0.05, 0) is 31.0 Å². The Morgan fingerprint density at radius 2 is 1.78 bits per heavy atom. The molecule has 0 amide bonds. The lowest BCUT2D eigenvalue weighted by atomic mass is 10.1. The second-order valence-electron chi connectivity index (χ2n) is 8.77. The van der Waals surface area contributed by atoms with Crippen molar-refractivity contribution in [1.29, 1.82) is 0 Å². The second kappa shape index (κ2) is 6.88. The maximum atomic E-state index is 6.06. The molecule has 7 rings (SSSR count). The lowest BCUT2D eigenvalue weighted by Crippen LogP contribution is -2.43. The average Bonchev–Trinajstić information content (AvgIpc) is 3.54. The number of hydrogen-bond acceptors (Lipinski definition) is 7. The number of hydrogen-bond donors (Lipinski definition) is 0. The van der Waals surface area contributed by atoms with Crippen LogP contribution < -0.4 is 4.90 Å². The summed E-state index contributed by atoms with van der Waals surface area (Å²) in [6, 6.07) is 6.17. The average molecular weight is 432 g/mol. The SMILES string of the molecule is Cn1nccc1-c1cc(N2CC3CCC(C2)O3)nn2c(-c3ccnn3C3CCO3)ncc12. The van der Waals surface area contributed by atoms with Crippen LogP contribution in [0.3, 0.4) is 0 Å². The van der Waals surface area contributed by atoms with Crippen molar-refractivity contribution >= 4 is 11.3 Å². The Kier molecular flexibility index (Phi) is 3.94. The van der Waals surface area contributed by atoms with Crippen molar-refractivity contribution in [1.82, 2.24) is 34.2 Å². The smallest absolute Gasteiger partial charge is 0.179 e. The number of anilines is 1.